The maximum Gasteiger partial charge on any atom is 0.337 e. The first-order chi connectivity index (χ1) is 17.4. The summed E-state index contributed by atoms with van der Waals surface area (Å²) in [7, 11) is 1.18. The highest BCUT2D eigenvalue weighted by atomic mass is 35.5. The summed E-state index contributed by atoms with van der Waals surface area (Å²) in [6.45, 7) is -0.157. The van der Waals surface area contributed by atoms with Crippen molar-refractivity contribution in [1.29, 1.82) is 0 Å². The number of halogens is 2. The van der Waals surface area contributed by atoms with Crippen LogP contribution in [0.3, 0.4) is 0 Å². The summed E-state index contributed by atoms with van der Waals surface area (Å²) >= 11 is 5.89. The van der Waals surface area contributed by atoms with E-state index in [0.29, 0.717) is 31.3 Å². The highest BCUT2D eigenvalue weighted by Crippen LogP contribution is 2.46. The van der Waals surface area contributed by atoms with E-state index in [4.69, 9.17) is 30.5 Å². The second-order valence-electron chi connectivity index (χ2n) is 7.61. The molecule has 0 aliphatic rings. The third-order valence-corrected chi connectivity index (χ3v) is 6.96. The minimum Gasteiger partial charge on any atom is -0.493 e. The number of ether oxygens (including phenoxy) is 4. The maximum atomic E-state index is 13.5. The number of methoxy groups -OCH3 is 2. The quantitative estimate of drug-likeness (QED) is 0.198. The van der Waals surface area contributed by atoms with Crippen LogP contribution in [0.4, 0.5) is 4.39 Å². The monoisotopic (exact) mass is 528 g/mol. The Morgan fingerprint density at radius 2 is 1.67 bits per heavy atom. The van der Waals surface area contributed by atoms with Gasteiger partial charge in [-0.15, -0.1) is 0 Å². The number of hydrogen-bond acceptors (Lipinski definition) is 6. The SMILES string of the molecule is COc1cc2cccc(S(=O)c3ccc(F)cc3)c2c(OC(=O)COCc2ccc(Cl)cc2)c1OC. The molecule has 6 nitrogen and oxygen atoms in total. The van der Waals surface area contributed by atoms with Crippen molar-refractivity contribution in [2.75, 3.05) is 20.8 Å². The van der Waals surface area contributed by atoms with E-state index < -0.39 is 22.6 Å². The van der Waals surface area contributed by atoms with Crippen LogP contribution >= 0.6 is 11.6 Å². The molecule has 0 aliphatic heterocycles. The van der Waals surface area contributed by atoms with Crippen molar-refractivity contribution in [3.05, 3.63) is 89.2 Å². The predicted octanol–water partition coefficient (Wildman–Crippen LogP) is 5.94. The Hall–Kier alpha value is -3.46. The van der Waals surface area contributed by atoms with Gasteiger partial charge >= 0.3 is 5.97 Å². The Kier molecular flexibility index (Phi) is 8.20. The lowest BCUT2D eigenvalue weighted by atomic mass is 10.1. The average Bonchev–Trinajstić information content (AvgIpc) is 2.89. The zero-order valence-electron chi connectivity index (χ0n) is 19.5. The van der Waals surface area contributed by atoms with Gasteiger partial charge in [-0.3, -0.25) is 0 Å². The first-order valence-corrected chi connectivity index (χ1v) is 12.3. The van der Waals surface area contributed by atoms with Crippen LogP contribution < -0.4 is 14.2 Å². The van der Waals surface area contributed by atoms with Crippen LogP contribution in [0.1, 0.15) is 5.56 Å². The molecule has 0 aliphatic carbocycles. The summed E-state index contributed by atoms with van der Waals surface area (Å²) < 4.78 is 49.0. The Bertz CT molecular complexity index is 1410. The van der Waals surface area contributed by atoms with Crippen LogP contribution in [0.2, 0.25) is 5.02 Å². The molecule has 1 unspecified atom stereocenters. The smallest absolute Gasteiger partial charge is 0.337 e. The number of fused-ring (bicyclic) bond motifs is 1. The molecule has 36 heavy (non-hydrogen) atoms. The Morgan fingerprint density at radius 3 is 2.33 bits per heavy atom. The summed E-state index contributed by atoms with van der Waals surface area (Å²) in [5, 5.41) is 1.62. The molecular weight excluding hydrogens is 507 g/mol. The molecule has 0 bridgehead atoms. The fourth-order valence-electron chi connectivity index (χ4n) is 3.60. The van der Waals surface area contributed by atoms with E-state index in [9.17, 15) is 13.4 Å². The first-order valence-electron chi connectivity index (χ1n) is 10.8. The largest absolute Gasteiger partial charge is 0.493 e. The normalized spacial score (nSPS) is 11.8. The molecule has 4 rings (SSSR count). The molecule has 1 atom stereocenters. The second-order valence-corrected chi connectivity index (χ2v) is 9.50. The van der Waals surface area contributed by atoms with Gasteiger partial charge in [-0.25, -0.2) is 13.4 Å². The van der Waals surface area contributed by atoms with Gasteiger partial charge in [0.1, 0.15) is 12.4 Å². The lowest BCUT2D eigenvalue weighted by Gasteiger charge is -2.18. The maximum absolute atomic E-state index is 13.5. The fourth-order valence-corrected chi connectivity index (χ4v) is 4.96. The highest BCUT2D eigenvalue weighted by molar-refractivity contribution is 7.85. The van der Waals surface area contributed by atoms with Gasteiger partial charge in [0, 0.05) is 15.3 Å². The van der Waals surface area contributed by atoms with Crippen molar-refractivity contribution in [2.24, 2.45) is 0 Å². The molecule has 0 saturated heterocycles. The van der Waals surface area contributed by atoms with E-state index in [2.05, 4.69) is 0 Å². The van der Waals surface area contributed by atoms with Gasteiger partial charge in [-0.1, -0.05) is 35.9 Å². The summed E-state index contributed by atoms with van der Waals surface area (Å²) in [5.74, 6) is -0.565. The minimum atomic E-state index is -1.70. The molecule has 0 N–H and O–H groups in total. The van der Waals surface area contributed by atoms with Gasteiger partial charge < -0.3 is 18.9 Å². The van der Waals surface area contributed by atoms with Crippen molar-refractivity contribution in [2.45, 2.75) is 16.4 Å². The number of carbonyl (C=O) groups excluding carboxylic acids is 1. The van der Waals surface area contributed by atoms with Crippen LogP contribution in [0.25, 0.3) is 10.8 Å². The summed E-state index contributed by atoms with van der Waals surface area (Å²) in [6.07, 6.45) is 0. The van der Waals surface area contributed by atoms with Gasteiger partial charge in [0.05, 0.1) is 36.5 Å². The van der Waals surface area contributed by atoms with Crippen molar-refractivity contribution in [1.82, 2.24) is 0 Å². The fraction of sp³-hybridized carbons (Fsp3) is 0.148. The standard InChI is InChI=1S/C27H22ClFO6S/c1-32-22-14-18-4-3-5-23(36(31)21-12-10-20(29)11-13-21)25(18)27(26(22)33-2)35-24(30)16-34-15-17-6-8-19(28)9-7-17/h3-14H,15-16H2,1-2H3. The molecule has 0 aromatic heterocycles. The van der Waals surface area contributed by atoms with Crippen LogP contribution in [0.5, 0.6) is 17.2 Å². The van der Waals surface area contributed by atoms with Crippen LogP contribution in [0, 0.1) is 5.82 Å². The van der Waals surface area contributed by atoms with Crippen LogP contribution in [-0.2, 0) is 26.9 Å². The minimum absolute atomic E-state index is 0.0537. The molecule has 0 spiro atoms. The molecule has 186 valence electrons. The number of benzene rings is 4. The van der Waals surface area contributed by atoms with Crippen LogP contribution in [-0.4, -0.2) is 31.0 Å². The van der Waals surface area contributed by atoms with Crippen molar-refractivity contribution >= 4 is 39.1 Å². The van der Waals surface area contributed by atoms with Gasteiger partial charge in [0.2, 0.25) is 5.75 Å². The molecule has 0 radical (unpaired) electrons. The van der Waals surface area contributed by atoms with Crippen molar-refractivity contribution in [3.63, 3.8) is 0 Å². The van der Waals surface area contributed by atoms with E-state index in [1.165, 1.54) is 38.5 Å². The number of carbonyl (C=O) groups is 1. The van der Waals surface area contributed by atoms with Gasteiger partial charge in [-0.2, -0.15) is 0 Å². The van der Waals surface area contributed by atoms with Gasteiger partial charge in [0.15, 0.2) is 11.5 Å². The van der Waals surface area contributed by atoms with Crippen molar-refractivity contribution in [3.8, 4) is 17.2 Å². The van der Waals surface area contributed by atoms with Crippen LogP contribution in [0.15, 0.2) is 82.6 Å². The van der Waals surface area contributed by atoms with E-state index >= 15 is 0 Å². The highest BCUT2D eigenvalue weighted by Gasteiger charge is 2.24. The van der Waals surface area contributed by atoms with E-state index in [0.717, 1.165) is 5.56 Å². The lowest BCUT2D eigenvalue weighted by Crippen LogP contribution is -2.16. The average molecular weight is 529 g/mol. The van der Waals surface area contributed by atoms with Gasteiger partial charge in [-0.05, 0) is 59.5 Å². The first kappa shape index (κ1) is 25.6. The molecule has 4 aromatic carbocycles. The van der Waals surface area contributed by atoms with E-state index in [1.54, 1.807) is 48.5 Å². The molecule has 4 aromatic rings. The molecule has 9 heteroatoms. The third-order valence-electron chi connectivity index (χ3n) is 5.27. The molecule has 0 heterocycles. The van der Waals surface area contributed by atoms with E-state index in [1.807, 2.05) is 0 Å². The zero-order valence-corrected chi connectivity index (χ0v) is 21.0. The summed E-state index contributed by atoms with van der Waals surface area (Å²) in [6, 6.07) is 19.3. The topological polar surface area (TPSA) is 71.1 Å². The second kappa shape index (κ2) is 11.5. The molecule has 0 fully saturated rings. The number of rotatable bonds is 9. The van der Waals surface area contributed by atoms with E-state index in [-0.39, 0.29) is 24.7 Å². The Morgan fingerprint density at radius 1 is 0.944 bits per heavy atom. The predicted molar refractivity (Wildman–Crippen MR) is 135 cm³/mol. The van der Waals surface area contributed by atoms with Crippen molar-refractivity contribution < 1.29 is 32.3 Å². The molecule has 0 amide bonds. The number of hydrogen-bond donors (Lipinski definition) is 0. The Balaban J connectivity index is 1.68. The Labute approximate surface area is 215 Å². The summed E-state index contributed by atoms with van der Waals surface area (Å²) in [5.41, 5.74) is 0.841. The molecule has 0 saturated carbocycles. The molecular formula is C27H22ClFO6S. The summed E-state index contributed by atoms with van der Waals surface area (Å²) in [4.78, 5) is 13.5. The lowest BCUT2D eigenvalue weighted by molar-refractivity contribution is -0.139. The third kappa shape index (κ3) is 5.67. The van der Waals surface area contributed by atoms with Gasteiger partial charge in [0.25, 0.3) is 0 Å². The number of esters is 1. The zero-order chi connectivity index (χ0) is 25.7.